The summed E-state index contributed by atoms with van der Waals surface area (Å²) in [6.07, 6.45) is 9.71. The molecule has 0 saturated carbocycles. The fraction of sp³-hybridized carbons (Fsp3) is 0.722. The van der Waals surface area contributed by atoms with Gasteiger partial charge in [0.1, 0.15) is 0 Å². The van der Waals surface area contributed by atoms with E-state index in [2.05, 4.69) is 28.9 Å². The van der Waals surface area contributed by atoms with E-state index in [4.69, 9.17) is 4.74 Å². The van der Waals surface area contributed by atoms with Crippen LogP contribution in [-0.4, -0.2) is 42.2 Å². The maximum Gasteiger partial charge on any atom is 0.0469 e. The van der Waals surface area contributed by atoms with Crippen molar-refractivity contribution in [1.29, 1.82) is 0 Å². The minimum Gasteiger partial charge on any atom is -0.381 e. The van der Waals surface area contributed by atoms with E-state index in [1.807, 2.05) is 6.20 Å². The number of aryl methyl sites for hydroxylation is 2. The Labute approximate surface area is 128 Å². The number of pyridine rings is 1. The lowest BCUT2D eigenvalue weighted by Crippen LogP contribution is -2.36. The lowest BCUT2D eigenvalue weighted by atomic mass is 9.98. The third-order valence-corrected chi connectivity index (χ3v) is 5.06. The van der Waals surface area contributed by atoms with Crippen molar-refractivity contribution in [2.24, 2.45) is 5.92 Å². The lowest BCUT2D eigenvalue weighted by Gasteiger charge is -2.31. The van der Waals surface area contributed by atoms with Crippen molar-refractivity contribution in [2.75, 3.05) is 26.3 Å². The number of hydrogen-bond acceptors (Lipinski definition) is 3. The normalized spacial score (nSPS) is 24.5. The molecular weight excluding hydrogens is 260 g/mol. The van der Waals surface area contributed by atoms with E-state index < -0.39 is 0 Å². The van der Waals surface area contributed by atoms with Gasteiger partial charge in [0.25, 0.3) is 0 Å². The summed E-state index contributed by atoms with van der Waals surface area (Å²) in [5.74, 6) is 0.863. The molecule has 3 heteroatoms. The Morgan fingerprint density at radius 1 is 1.29 bits per heavy atom. The number of aromatic nitrogens is 1. The molecule has 1 aromatic heterocycles. The molecule has 3 rings (SSSR count). The highest BCUT2D eigenvalue weighted by atomic mass is 16.5. The molecule has 0 radical (unpaired) electrons. The summed E-state index contributed by atoms with van der Waals surface area (Å²) in [5, 5.41) is 0. The van der Waals surface area contributed by atoms with E-state index in [1.54, 1.807) is 0 Å². The Hall–Kier alpha value is -0.930. The van der Waals surface area contributed by atoms with E-state index in [1.165, 1.54) is 57.2 Å². The van der Waals surface area contributed by atoms with E-state index in [0.717, 1.165) is 30.9 Å². The SMILES string of the molecule is Cc1cc(CC[C@@H]2CCCN2CC2CCOCC2)ccn1. The molecule has 3 heterocycles. The number of rotatable bonds is 5. The smallest absolute Gasteiger partial charge is 0.0469 e. The highest BCUT2D eigenvalue weighted by Crippen LogP contribution is 2.25. The standard InChI is InChI=1S/C18H28N2O/c1-15-13-16(6-9-19-15)4-5-18-3-2-10-20(18)14-17-7-11-21-12-8-17/h6,9,13,17-18H,2-5,7-8,10-12,14H2,1H3/t18-/m0/s1. The quantitative estimate of drug-likeness (QED) is 0.832. The second-order valence-corrected chi connectivity index (χ2v) is 6.69. The molecule has 2 aliphatic rings. The second kappa shape index (κ2) is 7.37. The summed E-state index contributed by atoms with van der Waals surface area (Å²) < 4.78 is 5.48. The van der Waals surface area contributed by atoms with Gasteiger partial charge in [0.05, 0.1) is 0 Å². The molecule has 0 aliphatic carbocycles. The molecule has 21 heavy (non-hydrogen) atoms. The van der Waals surface area contributed by atoms with Crippen LogP contribution in [0.2, 0.25) is 0 Å². The van der Waals surface area contributed by atoms with Crippen LogP contribution >= 0.6 is 0 Å². The Morgan fingerprint density at radius 3 is 2.95 bits per heavy atom. The molecule has 0 spiro atoms. The molecule has 0 bridgehead atoms. The minimum absolute atomic E-state index is 0.793. The van der Waals surface area contributed by atoms with E-state index in [9.17, 15) is 0 Å². The zero-order valence-corrected chi connectivity index (χ0v) is 13.3. The fourth-order valence-corrected chi connectivity index (χ4v) is 3.82. The van der Waals surface area contributed by atoms with Crippen molar-refractivity contribution in [3.63, 3.8) is 0 Å². The van der Waals surface area contributed by atoms with Crippen LogP contribution in [-0.2, 0) is 11.2 Å². The topological polar surface area (TPSA) is 25.4 Å². The van der Waals surface area contributed by atoms with E-state index in [-0.39, 0.29) is 0 Å². The van der Waals surface area contributed by atoms with Crippen LogP contribution in [0.25, 0.3) is 0 Å². The minimum atomic E-state index is 0.793. The maximum atomic E-state index is 5.48. The molecule has 2 fully saturated rings. The predicted octanol–water partition coefficient (Wildman–Crippen LogP) is 3.21. The maximum absolute atomic E-state index is 5.48. The Morgan fingerprint density at radius 2 is 2.14 bits per heavy atom. The molecule has 2 saturated heterocycles. The zero-order valence-electron chi connectivity index (χ0n) is 13.3. The van der Waals surface area contributed by atoms with E-state index >= 15 is 0 Å². The number of likely N-dealkylation sites (tertiary alicyclic amines) is 1. The van der Waals surface area contributed by atoms with Crippen LogP contribution in [0.15, 0.2) is 18.3 Å². The predicted molar refractivity (Wildman–Crippen MR) is 85.4 cm³/mol. The summed E-state index contributed by atoms with van der Waals surface area (Å²) in [6.45, 7) is 6.62. The molecule has 116 valence electrons. The van der Waals surface area contributed by atoms with Crippen LogP contribution in [0.4, 0.5) is 0 Å². The lowest BCUT2D eigenvalue weighted by molar-refractivity contribution is 0.0502. The molecular formula is C18H28N2O. The van der Waals surface area contributed by atoms with Gasteiger partial charge in [0.15, 0.2) is 0 Å². The van der Waals surface area contributed by atoms with E-state index in [0.29, 0.717) is 0 Å². The van der Waals surface area contributed by atoms with Gasteiger partial charge >= 0.3 is 0 Å². The van der Waals surface area contributed by atoms with Crippen molar-refractivity contribution < 1.29 is 4.74 Å². The summed E-state index contributed by atoms with van der Waals surface area (Å²) in [7, 11) is 0. The van der Waals surface area contributed by atoms with Crippen molar-refractivity contribution in [3.05, 3.63) is 29.6 Å². The summed E-state index contributed by atoms with van der Waals surface area (Å²) in [5.41, 5.74) is 2.58. The first-order valence-corrected chi connectivity index (χ1v) is 8.54. The average molecular weight is 288 g/mol. The van der Waals surface area contributed by atoms with Gasteiger partial charge in [-0.1, -0.05) is 0 Å². The summed E-state index contributed by atoms with van der Waals surface area (Å²) in [6, 6.07) is 5.20. The number of ether oxygens (including phenoxy) is 1. The third-order valence-electron chi connectivity index (χ3n) is 5.06. The van der Waals surface area contributed by atoms with Crippen LogP contribution in [0, 0.1) is 12.8 Å². The van der Waals surface area contributed by atoms with Crippen LogP contribution in [0.5, 0.6) is 0 Å². The van der Waals surface area contributed by atoms with Gasteiger partial charge in [0.2, 0.25) is 0 Å². The Bertz CT molecular complexity index is 443. The summed E-state index contributed by atoms with van der Waals surface area (Å²) >= 11 is 0. The highest BCUT2D eigenvalue weighted by Gasteiger charge is 2.27. The summed E-state index contributed by atoms with van der Waals surface area (Å²) in [4.78, 5) is 7.04. The second-order valence-electron chi connectivity index (χ2n) is 6.69. The average Bonchev–Trinajstić information content (AvgIpc) is 2.93. The first-order valence-electron chi connectivity index (χ1n) is 8.54. The Balaban J connectivity index is 1.49. The number of nitrogens with zero attached hydrogens (tertiary/aromatic N) is 2. The molecule has 1 aromatic rings. The molecule has 2 aliphatic heterocycles. The molecule has 0 aromatic carbocycles. The van der Waals surface area contributed by atoms with Gasteiger partial charge in [-0.15, -0.1) is 0 Å². The fourth-order valence-electron chi connectivity index (χ4n) is 3.82. The monoisotopic (exact) mass is 288 g/mol. The zero-order chi connectivity index (χ0) is 14.5. The first-order chi connectivity index (χ1) is 10.3. The van der Waals surface area contributed by atoms with Crippen LogP contribution < -0.4 is 0 Å². The van der Waals surface area contributed by atoms with Crippen molar-refractivity contribution in [3.8, 4) is 0 Å². The largest absolute Gasteiger partial charge is 0.381 e. The van der Waals surface area contributed by atoms with Gasteiger partial charge in [-0.05, 0) is 75.6 Å². The Kier molecular flexibility index (Phi) is 5.26. The van der Waals surface area contributed by atoms with Crippen LogP contribution in [0.1, 0.15) is 43.4 Å². The van der Waals surface area contributed by atoms with Gasteiger partial charge in [-0.2, -0.15) is 0 Å². The van der Waals surface area contributed by atoms with Gasteiger partial charge < -0.3 is 9.64 Å². The molecule has 3 nitrogen and oxygen atoms in total. The van der Waals surface area contributed by atoms with Gasteiger partial charge in [-0.25, -0.2) is 0 Å². The van der Waals surface area contributed by atoms with Crippen molar-refractivity contribution >= 4 is 0 Å². The molecule has 1 atom stereocenters. The van der Waals surface area contributed by atoms with Crippen LogP contribution in [0.3, 0.4) is 0 Å². The van der Waals surface area contributed by atoms with Gasteiger partial charge in [-0.3, -0.25) is 4.98 Å². The number of hydrogen-bond donors (Lipinski definition) is 0. The van der Waals surface area contributed by atoms with Crippen molar-refractivity contribution in [2.45, 2.75) is 51.5 Å². The molecule has 0 N–H and O–H groups in total. The first kappa shape index (κ1) is 15.0. The highest BCUT2D eigenvalue weighted by molar-refractivity contribution is 5.15. The molecule has 0 unspecified atom stereocenters. The van der Waals surface area contributed by atoms with Gasteiger partial charge in [0, 0.05) is 37.7 Å². The molecule has 0 amide bonds. The van der Waals surface area contributed by atoms with Crippen molar-refractivity contribution in [1.82, 2.24) is 9.88 Å². The third kappa shape index (κ3) is 4.27.